The van der Waals surface area contributed by atoms with Gasteiger partial charge in [0.25, 0.3) is 0 Å². The van der Waals surface area contributed by atoms with Crippen LogP contribution in [0.1, 0.15) is 130 Å². The molecule has 0 heterocycles. The van der Waals surface area contributed by atoms with Crippen molar-refractivity contribution in [2.24, 2.45) is 0 Å². The number of hydrogen-bond donors (Lipinski definition) is 0. The van der Waals surface area contributed by atoms with Gasteiger partial charge in [0.05, 0.1) is 6.10 Å². The maximum Gasteiger partial charge on any atom is 0.509 e. The quantitative estimate of drug-likeness (QED) is 0.0685. The van der Waals surface area contributed by atoms with Crippen LogP contribution in [0.3, 0.4) is 0 Å². The first kappa shape index (κ1) is 31.9. The number of methoxy groups -OCH3 is 1. The van der Waals surface area contributed by atoms with Gasteiger partial charge in [-0.2, -0.15) is 0 Å². The Labute approximate surface area is 205 Å². The van der Waals surface area contributed by atoms with E-state index in [1.165, 1.54) is 70.6 Å². The van der Waals surface area contributed by atoms with Crippen LogP contribution in [0, 0.1) is 0 Å². The van der Waals surface area contributed by atoms with Crippen LogP contribution in [0.4, 0.5) is 4.79 Å². The first-order chi connectivity index (χ1) is 15.8. The molecule has 0 saturated heterocycles. The van der Waals surface area contributed by atoms with Crippen LogP contribution in [0.25, 0.3) is 0 Å². The Kier molecular flexibility index (Phi) is 20.8. The van der Waals surface area contributed by atoms with Gasteiger partial charge in [0, 0.05) is 13.5 Å². The van der Waals surface area contributed by atoms with Crippen molar-refractivity contribution in [3.63, 3.8) is 0 Å². The molecule has 0 N–H and O–H groups in total. The molecule has 0 aliphatic heterocycles. The predicted octanol–water partition coefficient (Wildman–Crippen LogP) is 8.74. The third-order valence-electron chi connectivity index (χ3n) is 5.69. The third kappa shape index (κ3) is 22.5. The monoisotopic (exact) mass is 470 g/mol. The van der Waals surface area contributed by atoms with Crippen LogP contribution in [0.2, 0.25) is 0 Å². The lowest BCUT2D eigenvalue weighted by Gasteiger charge is -2.24. The van der Waals surface area contributed by atoms with Crippen molar-refractivity contribution in [3.05, 3.63) is 12.7 Å². The van der Waals surface area contributed by atoms with Crippen molar-refractivity contribution >= 4 is 6.16 Å². The van der Waals surface area contributed by atoms with Gasteiger partial charge in [0.1, 0.15) is 18.5 Å². The summed E-state index contributed by atoms with van der Waals surface area (Å²) in [4.78, 5) is 12.0. The Morgan fingerprint density at radius 3 is 1.82 bits per heavy atom. The Hall–Kier alpha value is -1.07. The van der Waals surface area contributed by atoms with E-state index in [9.17, 15) is 4.79 Å². The zero-order valence-corrected chi connectivity index (χ0v) is 22.5. The maximum absolute atomic E-state index is 12.0. The molecule has 0 aromatic rings. The van der Waals surface area contributed by atoms with E-state index >= 15 is 0 Å². The molecule has 0 unspecified atom stereocenters. The predicted molar refractivity (Wildman–Crippen MR) is 138 cm³/mol. The molecule has 0 fully saturated rings. The van der Waals surface area contributed by atoms with Crippen molar-refractivity contribution in [3.8, 4) is 0 Å². The third-order valence-corrected chi connectivity index (χ3v) is 5.69. The molecule has 0 aliphatic rings. The second kappa shape index (κ2) is 21.5. The fourth-order valence-electron chi connectivity index (χ4n) is 3.88. The van der Waals surface area contributed by atoms with E-state index in [0.717, 1.165) is 25.7 Å². The smallest absolute Gasteiger partial charge is 0.431 e. The summed E-state index contributed by atoms with van der Waals surface area (Å²) in [6, 6.07) is 0. The minimum Gasteiger partial charge on any atom is -0.431 e. The van der Waals surface area contributed by atoms with Crippen LogP contribution in [0.5, 0.6) is 0 Å². The Bertz CT molecular complexity index is 458. The molecule has 2 atom stereocenters. The molecular weight excluding hydrogens is 416 g/mol. The van der Waals surface area contributed by atoms with E-state index in [4.69, 9.17) is 18.9 Å². The topological polar surface area (TPSA) is 54.0 Å². The normalized spacial score (nSPS) is 13.5. The highest BCUT2D eigenvalue weighted by atomic mass is 16.7. The average molecular weight is 471 g/mol. The molecular formula is C28H54O5. The van der Waals surface area contributed by atoms with Gasteiger partial charge < -0.3 is 18.9 Å². The standard InChI is InChI=1S/C28H54O5/c1-7-9-10-11-12-13-14-15-16-17-18-19-21-25(31-24-30-6)22-23-26(20-8-2)32-27(29)33-28(3,4)5/h8,25-26H,2,7,9-24H2,1,3-6H3/t25-,26+/m0/s1. The van der Waals surface area contributed by atoms with Crippen molar-refractivity contribution < 1.29 is 23.7 Å². The van der Waals surface area contributed by atoms with Gasteiger partial charge in [-0.1, -0.05) is 90.0 Å². The van der Waals surface area contributed by atoms with Crippen molar-refractivity contribution in [1.29, 1.82) is 0 Å². The lowest BCUT2D eigenvalue weighted by Crippen LogP contribution is -2.28. The SMILES string of the molecule is C=CC[C@H](CC[C@H](CCCCCCCCCCCCCC)OCOC)OC(=O)OC(C)(C)C. The van der Waals surface area contributed by atoms with Gasteiger partial charge in [0.2, 0.25) is 0 Å². The van der Waals surface area contributed by atoms with E-state index in [1.807, 2.05) is 20.8 Å². The van der Waals surface area contributed by atoms with Crippen LogP contribution < -0.4 is 0 Å². The minimum absolute atomic E-state index is 0.114. The molecule has 0 aliphatic carbocycles. The van der Waals surface area contributed by atoms with Crippen molar-refractivity contribution in [2.75, 3.05) is 13.9 Å². The lowest BCUT2D eigenvalue weighted by atomic mass is 10.0. The number of hydrogen-bond acceptors (Lipinski definition) is 5. The Morgan fingerprint density at radius 2 is 1.33 bits per heavy atom. The van der Waals surface area contributed by atoms with Gasteiger partial charge in [0.15, 0.2) is 0 Å². The summed E-state index contributed by atoms with van der Waals surface area (Å²) in [5, 5.41) is 0. The number of carbonyl (C=O) groups is 1. The molecule has 0 saturated carbocycles. The van der Waals surface area contributed by atoms with E-state index in [0.29, 0.717) is 13.2 Å². The second-order valence-corrected chi connectivity index (χ2v) is 10.2. The molecule has 0 amide bonds. The highest BCUT2D eigenvalue weighted by Gasteiger charge is 2.22. The van der Waals surface area contributed by atoms with Gasteiger partial charge in [-0.05, 0) is 40.0 Å². The highest BCUT2D eigenvalue weighted by Crippen LogP contribution is 2.19. The first-order valence-corrected chi connectivity index (χ1v) is 13.4. The summed E-state index contributed by atoms with van der Waals surface area (Å²) in [5.41, 5.74) is -0.561. The van der Waals surface area contributed by atoms with E-state index in [1.54, 1.807) is 13.2 Å². The number of rotatable bonds is 22. The number of ether oxygens (including phenoxy) is 4. The Balaban J connectivity index is 4.09. The summed E-state index contributed by atoms with van der Waals surface area (Å²) in [7, 11) is 1.65. The van der Waals surface area contributed by atoms with Crippen LogP contribution in [0.15, 0.2) is 12.7 Å². The molecule has 0 aromatic carbocycles. The van der Waals surface area contributed by atoms with Gasteiger partial charge >= 0.3 is 6.16 Å². The van der Waals surface area contributed by atoms with Gasteiger partial charge in [-0.25, -0.2) is 4.79 Å². The molecule has 33 heavy (non-hydrogen) atoms. The van der Waals surface area contributed by atoms with E-state index < -0.39 is 11.8 Å². The molecule has 5 nitrogen and oxygen atoms in total. The molecule has 0 bridgehead atoms. The molecule has 0 aromatic heterocycles. The molecule has 0 radical (unpaired) electrons. The summed E-state index contributed by atoms with van der Waals surface area (Å²) in [6.07, 6.45) is 20.3. The molecule has 0 spiro atoms. The van der Waals surface area contributed by atoms with E-state index in [2.05, 4.69) is 13.5 Å². The van der Waals surface area contributed by atoms with Crippen molar-refractivity contribution in [2.45, 2.75) is 148 Å². The second-order valence-electron chi connectivity index (χ2n) is 10.2. The zero-order chi connectivity index (χ0) is 24.8. The fraction of sp³-hybridized carbons (Fsp3) is 0.893. The minimum atomic E-state index is -0.621. The largest absolute Gasteiger partial charge is 0.509 e. The zero-order valence-electron chi connectivity index (χ0n) is 22.5. The summed E-state index contributed by atoms with van der Waals surface area (Å²) in [6.45, 7) is 11.9. The maximum atomic E-state index is 12.0. The average Bonchev–Trinajstić information content (AvgIpc) is 2.74. The highest BCUT2D eigenvalue weighted by molar-refractivity contribution is 5.60. The summed E-state index contributed by atoms with van der Waals surface area (Å²) in [5.74, 6) is 0. The number of unbranched alkanes of at least 4 members (excludes halogenated alkanes) is 11. The van der Waals surface area contributed by atoms with Gasteiger partial charge in [-0.15, -0.1) is 6.58 Å². The van der Waals surface area contributed by atoms with Crippen LogP contribution in [-0.2, 0) is 18.9 Å². The van der Waals surface area contributed by atoms with Crippen LogP contribution in [-0.4, -0.2) is 37.9 Å². The van der Waals surface area contributed by atoms with E-state index in [-0.39, 0.29) is 12.2 Å². The molecule has 196 valence electrons. The molecule has 5 heteroatoms. The number of carbonyl (C=O) groups excluding carboxylic acids is 1. The summed E-state index contributed by atoms with van der Waals surface area (Å²) >= 11 is 0. The molecule has 0 rings (SSSR count). The first-order valence-electron chi connectivity index (χ1n) is 13.4. The van der Waals surface area contributed by atoms with Gasteiger partial charge in [-0.3, -0.25) is 0 Å². The summed E-state index contributed by atoms with van der Waals surface area (Å²) < 4.78 is 21.8. The lowest BCUT2D eigenvalue weighted by molar-refractivity contribution is -0.0822. The van der Waals surface area contributed by atoms with Crippen molar-refractivity contribution in [1.82, 2.24) is 0 Å². The fourth-order valence-corrected chi connectivity index (χ4v) is 3.88. The Morgan fingerprint density at radius 1 is 0.818 bits per heavy atom. The van der Waals surface area contributed by atoms with Crippen LogP contribution >= 0.6 is 0 Å².